The van der Waals surface area contributed by atoms with Gasteiger partial charge in [-0.05, 0) is 26.2 Å². The van der Waals surface area contributed by atoms with E-state index in [0.717, 1.165) is 25.2 Å². The summed E-state index contributed by atoms with van der Waals surface area (Å²) >= 11 is 0. The van der Waals surface area contributed by atoms with Crippen molar-refractivity contribution in [3.05, 3.63) is 36.0 Å². The molecule has 0 aromatic carbocycles. The average Bonchev–Trinajstić information content (AvgIpc) is 2.42. The summed E-state index contributed by atoms with van der Waals surface area (Å²) < 4.78 is 0. The molecule has 0 saturated heterocycles. The van der Waals surface area contributed by atoms with Crippen LogP contribution in [0, 0.1) is 0 Å². The Balaban J connectivity index is 4.47. The van der Waals surface area contributed by atoms with Crippen molar-refractivity contribution in [2.75, 3.05) is 19.6 Å². The summed E-state index contributed by atoms with van der Waals surface area (Å²) in [6, 6.07) is 0. The summed E-state index contributed by atoms with van der Waals surface area (Å²) in [5, 5.41) is 2.23. The highest BCUT2D eigenvalue weighted by Gasteiger charge is 2.09. The number of ketones is 1. The minimum atomic E-state index is -0.673. The molecule has 0 unspecified atom stereocenters. The van der Waals surface area contributed by atoms with Gasteiger partial charge in [-0.2, -0.15) is 0 Å². The standard InChI is InChI=1S/C15H23BN2O2/c1-5-17-15(20)14(19)9-8-13(16)10-12(4)11-18(6-2)7-3/h5,8,10H,1,6-7,9,11H2,2-4H3,(H,17,20)/b12-10+,13-8+. The first kappa shape index (κ1) is 18.4. The van der Waals surface area contributed by atoms with E-state index in [1.807, 2.05) is 13.0 Å². The van der Waals surface area contributed by atoms with Gasteiger partial charge in [0, 0.05) is 13.0 Å². The van der Waals surface area contributed by atoms with Crippen LogP contribution < -0.4 is 5.32 Å². The molecule has 20 heavy (non-hydrogen) atoms. The van der Waals surface area contributed by atoms with E-state index in [0.29, 0.717) is 5.47 Å². The maximum absolute atomic E-state index is 11.4. The van der Waals surface area contributed by atoms with Crippen molar-refractivity contribution in [2.45, 2.75) is 27.2 Å². The van der Waals surface area contributed by atoms with Crippen molar-refractivity contribution >= 4 is 19.5 Å². The topological polar surface area (TPSA) is 49.4 Å². The molecule has 0 aliphatic heterocycles. The third-order valence-electron chi connectivity index (χ3n) is 2.79. The number of nitrogens with zero attached hydrogens (tertiary/aromatic N) is 1. The Kier molecular flexibility index (Phi) is 9.38. The van der Waals surface area contributed by atoms with E-state index in [-0.39, 0.29) is 6.42 Å². The molecule has 0 saturated carbocycles. The van der Waals surface area contributed by atoms with Crippen LogP contribution in [-0.4, -0.2) is 44.1 Å². The summed E-state index contributed by atoms with van der Waals surface area (Å²) in [6.07, 6.45) is 4.55. The molecule has 0 atom stereocenters. The van der Waals surface area contributed by atoms with Crippen LogP contribution in [0.4, 0.5) is 0 Å². The summed E-state index contributed by atoms with van der Waals surface area (Å²) in [5.74, 6) is -1.21. The Bertz CT molecular complexity index is 410. The maximum atomic E-state index is 11.4. The quantitative estimate of drug-likeness (QED) is 0.394. The number of allylic oxidation sites excluding steroid dienone is 3. The highest BCUT2D eigenvalue weighted by molar-refractivity contribution is 6.37. The number of nitrogens with one attached hydrogen (secondary N) is 1. The van der Waals surface area contributed by atoms with Crippen molar-refractivity contribution < 1.29 is 9.59 Å². The zero-order valence-electron chi connectivity index (χ0n) is 12.6. The van der Waals surface area contributed by atoms with Gasteiger partial charge in [0.05, 0.1) is 0 Å². The molecule has 0 aliphatic rings. The highest BCUT2D eigenvalue weighted by atomic mass is 16.2. The number of carbonyl (C=O) groups is 2. The third-order valence-corrected chi connectivity index (χ3v) is 2.79. The number of likely N-dealkylation sites (N-methyl/N-ethyl adjacent to an activating group) is 1. The minimum Gasteiger partial charge on any atom is -0.327 e. The van der Waals surface area contributed by atoms with Gasteiger partial charge in [-0.15, -0.1) is 5.47 Å². The zero-order valence-corrected chi connectivity index (χ0v) is 12.6. The minimum absolute atomic E-state index is 0.0133. The van der Waals surface area contributed by atoms with Crippen molar-refractivity contribution in [3.8, 4) is 0 Å². The fraction of sp³-hybridized carbons (Fsp3) is 0.467. The predicted octanol–water partition coefficient (Wildman–Crippen LogP) is 1.55. The predicted molar refractivity (Wildman–Crippen MR) is 83.3 cm³/mol. The molecule has 0 heterocycles. The Hall–Kier alpha value is -1.62. The van der Waals surface area contributed by atoms with Gasteiger partial charge in [0.15, 0.2) is 0 Å². The molecular weight excluding hydrogens is 251 g/mol. The number of Topliss-reactive ketones (excluding diaryl/α,β-unsaturated/α-hetero) is 1. The molecule has 108 valence electrons. The number of amides is 1. The lowest BCUT2D eigenvalue weighted by Gasteiger charge is -2.18. The third kappa shape index (κ3) is 7.74. The Morgan fingerprint density at radius 1 is 1.30 bits per heavy atom. The molecule has 0 aliphatic carbocycles. The van der Waals surface area contributed by atoms with Crippen LogP contribution in [0.15, 0.2) is 36.0 Å². The summed E-state index contributed by atoms with van der Waals surface area (Å²) in [6.45, 7) is 12.3. The first-order valence-electron chi connectivity index (χ1n) is 6.74. The molecule has 4 nitrogen and oxygen atoms in total. The van der Waals surface area contributed by atoms with Gasteiger partial charge in [0.1, 0.15) is 7.85 Å². The van der Waals surface area contributed by atoms with Crippen molar-refractivity contribution in [2.24, 2.45) is 0 Å². The molecule has 0 aromatic heterocycles. The molecule has 5 heteroatoms. The molecule has 2 radical (unpaired) electrons. The van der Waals surface area contributed by atoms with Crippen LogP contribution >= 0.6 is 0 Å². The molecule has 0 aromatic rings. The lowest BCUT2D eigenvalue weighted by molar-refractivity contribution is -0.136. The second-order valence-corrected chi connectivity index (χ2v) is 4.46. The van der Waals surface area contributed by atoms with Crippen LogP contribution in [0.3, 0.4) is 0 Å². The zero-order chi connectivity index (χ0) is 15.5. The maximum Gasteiger partial charge on any atom is 0.291 e. The smallest absolute Gasteiger partial charge is 0.291 e. The summed E-state index contributed by atoms with van der Waals surface area (Å²) in [7, 11) is 5.82. The first-order chi connectivity index (χ1) is 9.44. The highest BCUT2D eigenvalue weighted by Crippen LogP contribution is 2.03. The Labute approximate surface area is 123 Å². The van der Waals surface area contributed by atoms with Crippen molar-refractivity contribution in [1.29, 1.82) is 0 Å². The molecule has 0 bridgehead atoms. The van der Waals surface area contributed by atoms with Crippen LogP contribution in [0.25, 0.3) is 0 Å². The second-order valence-electron chi connectivity index (χ2n) is 4.46. The molecule has 0 fully saturated rings. The van der Waals surface area contributed by atoms with Crippen LogP contribution in [0.5, 0.6) is 0 Å². The SMILES string of the molecule is [B]C(=C/CC(=O)C(=O)NC=C)/C=C(\C)CN(CC)CC. The molecule has 1 N–H and O–H groups in total. The van der Waals surface area contributed by atoms with Gasteiger partial charge in [-0.1, -0.05) is 38.2 Å². The monoisotopic (exact) mass is 274 g/mol. The molecule has 0 spiro atoms. The second kappa shape index (κ2) is 10.2. The molecular formula is C15H23BN2O2. The normalized spacial score (nSPS) is 12.4. The largest absolute Gasteiger partial charge is 0.327 e. The van der Waals surface area contributed by atoms with E-state index in [4.69, 9.17) is 7.85 Å². The van der Waals surface area contributed by atoms with E-state index >= 15 is 0 Å². The van der Waals surface area contributed by atoms with Crippen molar-refractivity contribution in [1.82, 2.24) is 10.2 Å². The molecule has 1 amide bonds. The summed E-state index contributed by atoms with van der Waals surface area (Å²) in [5.41, 5.74) is 1.61. The number of carbonyl (C=O) groups excluding carboxylic acids is 2. The van der Waals surface area contributed by atoms with Gasteiger partial charge >= 0.3 is 0 Å². The molecule has 0 rings (SSSR count). The van der Waals surface area contributed by atoms with Crippen molar-refractivity contribution in [3.63, 3.8) is 0 Å². The lowest BCUT2D eigenvalue weighted by atomic mass is 9.92. The van der Waals surface area contributed by atoms with E-state index in [2.05, 4.69) is 30.6 Å². The Morgan fingerprint density at radius 3 is 2.40 bits per heavy atom. The van der Waals surface area contributed by atoms with Gasteiger partial charge in [-0.25, -0.2) is 0 Å². The van der Waals surface area contributed by atoms with Crippen LogP contribution in [0.1, 0.15) is 27.2 Å². The number of hydrogen-bond acceptors (Lipinski definition) is 3. The van der Waals surface area contributed by atoms with E-state index in [9.17, 15) is 9.59 Å². The van der Waals surface area contributed by atoms with Gasteiger partial charge in [-0.3, -0.25) is 14.5 Å². The summed E-state index contributed by atoms with van der Waals surface area (Å²) in [4.78, 5) is 24.8. The Morgan fingerprint density at radius 2 is 1.90 bits per heavy atom. The fourth-order valence-corrected chi connectivity index (χ4v) is 1.67. The number of hydrogen-bond donors (Lipinski definition) is 1. The average molecular weight is 274 g/mol. The van der Waals surface area contributed by atoms with Crippen LogP contribution in [0.2, 0.25) is 0 Å². The number of rotatable bonds is 9. The van der Waals surface area contributed by atoms with Gasteiger partial charge in [0.2, 0.25) is 5.78 Å². The fourth-order valence-electron chi connectivity index (χ4n) is 1.67. The lowest BCUT2D eigenvalue weighted by Crippen LogP contribution is -2.26. The van der Waals surface area contributed by atoms with Crippen LogP contribution in [-0.2, 0) is 9.59 Å². The van der Waals surface area contributed by atoms with Gasteiger partial charge < -0.3 is 5.32 Å². The van der Waals surface area contributed by atoms with E-state index < -0.39 is 11.7 Å². The van der Waals surface area contributed by atoms with E-state index in [1.165, 1.54) is 6.20 Å². The van der Waals surface area contributed by atoms with E-state index in [1.54, 1.807) is 6.08 Å². The first-order valence-corrected chi connectivity index (χ1v) is 6.74. The van der Waals surface area contributed by atoms with Gasteiger partial charge in [0.25, 0.3) is 5.91 Å².